The highest BCUT2D eigenvalue weighted by Crippen LogP contribution is 2.29. The van der Waals surface area contributed by atoms with E-state index in [2.05, 4.69) is 10.2 Å². The van der Waals surface area contributed by atoms with Crippen LogP contribution >= 0.6 is 0 Å². The Morgan fingerprint density at radius 1 is 1.12 bits per heavy atom. The van der Waals surface area contributed by atoms with Crippen molar-refractivity contribution in [3.05, 3.63) is 36.2 Å². The number of rotatable bonds is 6. The molecule has 9 nitrogen and oxygen atoms in total. The Bertz CT molecular complexity index is 1280. The summed E-state index contributed by atoms with van der Waals surface area (Å²) < 4.78 is 7.13. The molecule has 1 aromatic carbocycles. The Hall–Kier alpha value is -3.46. The van der Waals surface area contributed by atoms with Crippen LogP contribution in [0.15, 0.2) is 30.5 Å². The van der Waals surface area contributed by atoms with Crippen LogP contribution in [0.2, 0.25) is 0 Å². The number of aliphatic hydroxyl groups excluding tert-OH is 1. The minimum absolute atomic E-state index is 0.426. The van der Waals surface area contributed by atoms with Crippen molar-refractivity contribution in [1.82, 2.24) is 24.6 Å². The van der Waals surface area contributed by atoms with Gasteiger partial charge in [-0.1, -0.05) is 0 Å². The maximum absolute atomic E-state index is 9.79. The van der Waals surface area contributed by atoms with E-state index >= 15 is 0 Å². The molecule has 1 unspecified atom stereocenters. The molecule has 166 valence electrons. The number of nitrogens with zero attached hydrogens (tertiary/aromatic N) is 6. The van der Waals surface area contributed by atoms with Gasteiger partial charge in [-0.3, -0.25) is 0 Å². The molecule has 9 heteroatoms. The van der Waals surface area contributed by atoms with Crippen molar-refractivity contribution in [2.45, 2.75) is 32.8 Å². The van der Waals surface area contributed by atoms with Gasteiger partial charge < -0.3 is 20.1 Å². The van der Waals surface area contributed by atoms with Gasteiger partial charge >= 0.3 is 0 Å². The molecule has 3 aromatic heterocycles. The number of aromatic nitrogens is 5. The van der Waals surface area contributed by atoms with Crippen LogP contribution in [0, 0.1) is 6.92 Å². The third-order valence-corrected chi connectivity index (χ3v) is 5.72. The lowest BCUT2D eigenvalue weighted by molar-refractivity contribution is 0.208. The van der Waals surface area contributed by atoms with E-state index < -0.39 is 6.10 Å². The Morgan fingerprint density at radius 3 is 2.69 bits per heavy atom. The molecule has 0 radical (unpaired) electrons. The van der Waals surface area contributed by atoms with Crippen LogP contribution in [0.25, 0.3) is 28.1 Å². The molecule has 1 atom stereocenters. The summed E-state index contributed by atoms with van der Waals surface area (Å²) in [5.41, 5.74) is 5.29. The number of ether oxygens (including phenoxy) is 1. The van der Waals surface area contributed by atoms with Gasteiger partial charge in [0.2, 0.25) is 0 Å². The predicted octanol–water partition coefficient (Wildman–Crippen LogP) is 3.05. The summed E-state index contributed by atoms with van der Waals surface area (Å²) in [5.74, 6) is 1.64. The van der Waals surface area contributed by atoms with Gasteiger partial charge in [0.25, 0.3) is 0 Å². The van der Waals surface area contributed by atoms with Crippen molar-refractivity contribution >= 4 is 28.2 Å². The summed E-state index contributed by atoms with van der Waals surface area (Å²) in [6.07, 6.45) is 3.75. The summed E-state index contributed by atoms with van der Waals surface area (Å²) in [6.45, 7) is 6.10. The van der Waals surface area contributed by atoms with Crippen LogP contribution in [0.3, 0.4) is 0 Å². The van der Waals surface area contributed by atoms with Gasteiger partial charge in [-0.05, 0) is 38.8 Å². The number of aryl methyl sites for hydroxylation is 1. The van der Waals surface area contributed by atoms with Gasteiger partial charge in [0.15, 0.2) is 11.5 Å². The molecule has 1 fully saturated rings. The molecule has 1 saturated heterocycles. The second kappa shape index (κ2) is 8.23. The minimum atomic E-state index is -0.475. The topological polar surface area (TPSA) is 101 Å². The first-order valence-corrected chi connectivity index (χ1v) is 10.9. The minimum Gasteiger partial charge on any atom is -0.497 e. The number of anilines is 2. The number of hydrogen-bond acceptors (Lipinski definition) is 8. The fourth-order valence-corrected chi connectivity index (χ4v) is 4.06. The number of hydrogen-bond donors (Lipinski definition) is 2. The standard InChI is InChI=1S/C23H27N7O2/c1-14(31)12-24-19-11-21(29-8-4-5-9-29)28-30-13-20(27-23(19)30)22-15(2)25-17-7-6-16(32-3)10-18(17)26-22/h6-7,10-11,13-14,24,31H,4-5,8-9,12H2,1-3H3. The summed E-state index contributed by atoms with van der Waals surface area (Å²) in [4.78, 5) is 16.7. The third kappa shape index (κ3) is 3.80. The van der Waals surface area contributed by atoms with Gasteiger partial charge in [-0.25, -0.2) is 19.5 Å². The van der Waals surface area contributed by atoms with Crippen LogP contribution in [-0.4, -0.2) is 62.5 Å². The number of benzene rings is 1. The zero-order valence-corrected chi connectivity index (χ0v) is 18.5. The second-order valence-corrected chi connectivity index (χ2v) is 8.25. The average molecular weight is 434 g/mol. The second-order valence-electron chi connectivity index (χ2n) is 8.25. The summed E-state index contributed by atoms with van der Waals surface area (Å²) in [7, 11) is 1.64. The van der Waals surface area contributed by atoms with E-state index in [-0.39, 0.29) is 0 Å². The molecule has 32 heavy (non-hydrogen) atoms. The van der Waals surface area contributed by atoms with Gasteiger partial charge in [0, 0.05) is 31.8 Å². The first-order valence-electron chi connectivity index (χ1n) is 10.9. The summed E-state index contributed by atoms with van der Waals surface area (Å²) in [5, 5.41) is 17.9. The van der Waals surface area contributed by atoms with Crippen LogP contribution in [0.1, 0.15) is 25.5 Å². The van der Waals surface area contributed by atoms with Gasteiger partial charge in [0.1, 0.15) is 17.1 Å². The molecule has 1 aliphatic heterocycles. The average Bonchev–Trinajstić information content (AvgIpc) is 3.46. The van der Waals surface area contributed by atoms with E-state index in [1.807, 2.05) is 37.4 Å². The summed E-state index contributed by atoms with van der Waals surface area (Å²) >= 11 is 0. The largest absolute Gasteiger partial charge is 0.497 e. The number of aliphatic hydroxyl groups is 1. The van der Waals surface area contributed by atoms with E-state index in [0.29, 0.717) is 23.6 Å². The fraction of sp³-hybridized carbons (Fsp3) is 0.391. The molecule has 0 amide bonds. The maximum Gasteiger partial charge on any atom is 0.177 e. The molecule has 1 aliphatic rings. The molecule has 5 rings (SSSR count). The van der Waals surface area contributed by atoms with E-state index in [1.165, 1.54) is 12.8 Å². The van der Waals surface area contributed by atoms with Crippen molar-refractivity contribution in [1.29, 1.82) is 0 Å². The van der Waals surface area contributed by atoms with Crippen molar-refractivity contribution < 1.29 is 9.84 Å². The number of fused-ring (bicyclic) bond motifs is 2. The SMILES string of the molecule is COc1ccc2nc(C)c(-c3cn4nc(N5CCCC5)cc(NCC(C)O)c4n3)nc2c1. The van der Waals surface area contributed by atoms with Crippen molar-refractivity contribution in [3.63, 3.8) is 0 Å². The predicted molar refractivity (Wildman–Crippen MR) is 124 cm³/mol. The fourth-order valence-electron chi connectivity index (χ4n) is 4.06. The van der Waals surface area contributed by atoms with Crippen LogP contribution in [-0.2, 0) is 0 Å². The molecule has 0 saturated carbocycles. The lowest BCUT2D eigenvalue weighted by Crippen LogP contribution is -2.21. The molecule has 0 aliphatic carbocycles. The van der Waals surface area contributed by atoms with Crippen LogP contribution in [0.4, 0.5) is 11.5 Å². The smallest absolute Gasteiger partial charge is 0.177 e. The summed E-state index contributed by atoms with van der Waals surface area (Å²) in [6, 6.07) is 7.68. The first-order chi connectivity index (χ1) is 15.5. The number of nitrogens with one attached hydrogen (secondary N) is 1. The van der Waals surface area contributed by atoms with E-state index in [0.717, 1.165) is 47.1 Å². The van der Waals surface area contributed by atoms with Crippen LogP contribution in [0.5, 0.6) is 5.75 Å². The third-order valence-electron chi connectivity index (χ3n) is 5.72. The Balaban J connectivity index is 1.63. The Morgan fingerprint density at radius 2 is 1.94 bits per heavy atom. The highest BCUT2D eigenvalue weighted by Gasteiger charge is 2.19. The van der Waals surface area contributed by atoms with E-state index in [4.69, 9.17) is 24.8 Å². The van der Waals surface area contributed by atoms with E-state index in [9.17, 15) is 5.11 Å². The van der Waals surface area contributed by atoms with Crippen molar-refractivity contribution in [2.24, 2.45) is 0 Å². The van der Waals surface area contributed by atoms with Gasteiger partial charge in [0.05, 0.1) is 41.8 Å². The molecule has 0 spiro atoms. The molecule has 2 N–H and O–H groups in total. The zero-order chi connectivity index (χ0) is 22.2. The molecule has 4 aromatic rings. The molecule has 0 bridgehead atoms. The van der Waals surface area contributed by atoms with Gasteiger partial charge in [-0.15, -0.1) is 5.10 Å². The molecular weight excluding hydrogens is 406 g/mol. The normalized spacial score (nSPS) is 14.9. The number of imidazole rings is 1. The van der Waals surface area contributed by atoms with Gasteiger partial charge in [-0.2, -0.15) is 0 Å². The van der Waals surface area contributed by atoms with Crippen LogP contribution < -0.4 is 15.0 Å². The molecular formula is C23H27N7O2. The Kier molecular flexibility index (Phi) is 5.26. The highest BCUT2D eigenvalue weighted by molar-refractivity contribution is 5.80. The van der Waals surface area contributed by atoms with Crippen molar-refractivity contribution in [2.75, 3.05) is 37.0 Å². The van der Waals surface area contributed by atoms with Crippen molar-refractivity contribution in [3.8, 4) is 17.1 Å². The lowest BCUT2D eigenvalue weighted by atomic mass is 10.2. The van der Waals surface area contributed by atoms with E-state index in [1.54, 1.807) is 18.5 Å². The monoisotopic (exact) mass is 433 g/mol. The quantitative estimate of drug-likeness (QED) is 0.479. The number of methoxy groups -OCH3 is 1. The zero-order valence-electron chi connectivity index (χ0n) is 18.5. The lowest BCUT2D eigenvalue weighted by Gasteiger charge is -2.18. The highest BCUT2D eigenvalue weighted by atomic mass is 16.5. The Labute approximate surface area is 186 Å². The maximum atomic E-state index is 9.79. The first kappa shape index (κ1) is 20.4. The molecule has 4 heterocycles.